The van der Waals surface area contributed by atoms with Gasteiger partial charge in [0.25, 0.3) is 0 Å². The van der Waals surface area contributed by atoms with Crippen molar-refractivity contribution in [3.05, 3.63) is 34.2 Å². The number of carbonyl (C=O) groups is 1. The lowest BCUT2D eigenvalue weighted by Crippen LogP contribution is -2.35. The first kappa shape index (κ1) is 18.3. The van der Waals surface area contributed by atoms with Crippen LogP contribution in [0.15, 0.2) is 32.3 Å². The van der Waals surface area contributed by atoms with E-state index in [4.69, 9.17) is 0 Å². The zero-order valence-electron chi connectivity index (χ0n) is 13.5. The van der Waals surface area contributed by atoms with Crippen LogP contribution in [0.25, 0.3) is 0 Å². The number of rotatable bonds is 5. The fourth-order valence-corrected chi connectivity index (χ4v) is 2.69. The Morgan fingerprint density at radius 3 is 2.88 bits per heavy atom. The highest BCUT2D eigenvalue weighted by Crippen LogP contribution is 2.25. The average Bonchev–Trinajstić information content (AvgIpc) is 3.02. The molecule has 11 heteroatoms. The summed E-state index contributed by atoms with van der Waals surface area (Å²) in [5, 5.41) is 21.8. The average molecular weight is 427 g/mol. The minimum Gasteiger partial charge on any atom is -0.338 e. The number of carbonyl (C=O) groups excluding carboxylic acids is 1. The summed E-state index contributed by atoms with van der Waals surface area (Å²) in [4.78, 5) is 16.1. The molecule has 1 aromatic heterocycles. The Balaban J connectivity index is 1.72. The third-order valence-electron chi connectivity index (χ3n) is 3.97. The predicted molar refractivity (Wildman–Crippen MR) is 93.9 cm³/mol. The Bertz CT molecular complexity index is 823. The number of nitrogens with one attached hydrogen (secondary N) is 3. The van der Waals surface area contributed by atoms with Gasteiger partial charge in [-0.05, 0) is 63.2 Å². The molecule has 0 unspecified atom stereocenters. The molecule has 1 aliphatic rings. The molecule has 1 aromatic carbocycles. The van der Waals surface area contributed by atoms with Gasteiger partial charge in [0, 0.05) is 6.54 Å². The molecule has 0 aliphatic heterocycles. The van der Waals surface area contributed by atoms with E-state index in [1.807, 2.05) is 5.48 Å². The Hall–Kier alpha value is -2.53. The minimum absolute atomic E-state index is 0.00765. The number of hydrogen-bond acceptors (Lipinski definition) is 6. The summed E-state index contributed by atoms with van der Waals surface area (Å²) in [6.07, 6.45) is 3.40. The quantitative estimate of drug-likeness (QED) is 0.331. The van der Waals surface area contributed by atoms with E-state index in [0.717, 1.165) is 12.8 Å². The van der Waals surface area contributed by atoms with Crippen molar-refractivity contribution in [2.24, 2.45) is 10.9 Å². The smallest absolute Gasteiger partial charge is 0.320 e. The summed E-state index contributed by atoms with van der Waals surface area (Å²) >= 11 is 3.05. The van der Waals surface area contributed by atoms with Crippen LogP contribution in [0.5, 0.6) is 0 Å². The first-order chi connectivity index (χ1) is 12.6. The molecule has 138 valence electrons. The Morgan fingerprint density at radius 2 is 2.23 bits per heavy atom. The van der Waals surface area contributed by atoms with Crippen molar-refractivity contribution in [1.29, 1.82) is 0 Å². The summed E-state index contributed by atoms with van der Waals surface area (Å²) in [5.41, 5.74) is 2.20. The number of urea groups is 1. The Labute approximate surface area is 156 Å². The van der Waals surface area contributed by atoms with Crippen molar-refractivity contribution in [2.45, 2.75) is 19.3 Å². The fraction of sp³-hybridized carbons (Fsp3) is 0.333. The van der Waals surface area contributed by atoms with E-state index in [9.17, 15) is 14.4 Å². The van der Waals surface area contributed by atoms with Crippen LogP contribution in [-0.2, 0) is 0 Å². The molecule has 4 N–H and O–H groups in total. The largest absolute Gasteiger partial charge is 0.338 e. The van der Waals surface area contributed by atoms with E-state index in [2.05, 4.69) is 46.5 Å². The molecule has 0 bridgehead atoms. The van der Waals surface area contributed by atoms with Crippen LogP contribution >= 0.6 is 15.9 Å². The van der Waals surface area contributed by atoms with Gasteiger partial charge in [-0.15, -0.1) is 0 Å². The minimum atomic E-state index is -0.462. The maximum absolute atomic E-state index is 13.3. The van der Waals surface area contributed by atoms with Crippen LogP contribution in [-0.4, -0.2) is 33.9 Å². The standard InChI is InChI=1S/C15H16BrFN6O3/c16-10-6-9(4-5-11(10)17)19-13(21-25)12-14(23-26-22-12)20-15(24)18-7-8-2-1-3-8/h4-6,8,25H,1-3,7H2,(H,19,21)(H2,18,20,23,24). The van der Waals surface area contributed by atoms with Crippen molar-refractivity contribution in [1.82, 2.24) is 21.1 Å². The van der Waals surface area contributed by atoms with E-state index in [-0.39, 0.29) is 21.8 Å². The number of anilines is 1. The van der Waals surface area contributed by atoms with Crippen molar-refractivity contribution in [3.63, 3.8) is 0 Å². The molecule has 1 saturated carbocycles. The first-order valence-electron chi connectivity index (χ1n) is 7.88. The molecular formula is C15H16BrFN6O3. The molecule has 1 fully saturated rings. The maximum atomic E-state index is 13.3. The number of aromatic nitrogens is 2. The van der Waals surface area contributed by atoms with Crippen molar-refractivity contribution < 1.29 is 19.0 Å². The lowest BCUT2D eigenvalue weighted by atomic mass is 9.85. The number of amidine groups is 1. The van der Waals surface area contributed by atoms with Crippen LogP contribution in [0.1, 0.15) is 25.0 Å². The zero-order valence-corrected chi connectivity index (χ0v) is 15.1. The van der Waals surface area contributed by atoms with Crippen molar-refractivity contribution in [3.8, 4) is 0 Å². The number of halogens is 2. The van der Waals surface area contributed by atoms with Gasteiger partial charge in [0.15, 0.2) is 11.5 Å². The molecule has 1 heterocycles. The molecule has 0 radical (unpaired) electrons. The van der Waals surface area contributed by atoms with E-state index in [1.165, 1.54) is 24.6 Å². The van der Waals surface area contributed by atoms with E-state index in [1.54, 1.807) is 0 Å². The highest BCUT2D eigenvalue weighted by atomic mass is 79.9. The third-order valence-corrected chi connectivity index (χ3v) is 4.58. The molecule has 1 aliphatic carbocycles. The molecule has 2 amide bonds. The fourth-order valence-electron chi connectivity index (χ4n) is 2.33. The van der Waals surface area contributed by atoms with Gasteiger partial charge in [0.1, 0.15) is 5.82 Å². The van der Waals surface area contributed by atoms with Gasteiger partial charge in [-0.25, -0.2) is 18.8 Å². The second-order valence-corrected chi connectivity index (χ2v) is 6.62. The second-order valence-electron chi connectivity index (χ2n) is 5.76. The van der Waals surface area contributed by atoms with Gasteiger partial charge in [0.2, 0.25) is 5.82 Å². The summed E-state index contributed by atoms with van der Waals surface area (Å²) in [6.45, 7) is 0.579. The summed E-state index contributed by atoms with van der Waals surface area (Å²) in [7, 11) is 0. The second kappa shape index (κ2) is 8.23. The molecule has 9 nitrogen and oxygen atoms in total. The van der Waals surface area contributed by atoms with Gasteiger partial charge in [-0.1, -0.05) is 6.42 Å². The number of amides is 2. The zero-order chi connectivity index (χ0) is 18.5. The molecule has 3 rings (SSSR count). The molecular weight excluding hydrogens is 411 g/mol. The van der Waals surface area contributed by atoms with Gasteiger partial charge >= 0.3 is 6.03 Å². The number of hydrogen-bond donors (Lipinski definition) is 4. The number of hydroxylamine groups is 1. The van der Waals surface area contributed by atoms with Crippen LogP contribution < -0.4 is 16.1 Å². The maximum Gasteiger partial charge on any atom is 0.320 e. The normalized spacial score (nSPS) is 14.7. The molecule has 26 heavy (non-hydrogen) atoms. The lowest BCUT2D eigenvalue weighted by molar-refractivity contribution is 0.234. The van der Waals surface area contributed by atoms with Crippen molar-refractivity contribution >= 4 is 39.3 Å². The number of benzene rings is 1. The Morgan fingerprint density at radius 1 is 1.42 bits per heavy atom. The molecule has 0 atom stereocenters. The molecule has 0 saturated heterocycles. The molecule has 2 aromatic rings. The highest BCUT2D eigenvalue weighted by Gasteiger charge is 2.21. The molecule has 0 spiro atoms. The van der Waals surface area contributed by atoms with Gasteiger partial charge < -0.3 is 5.32 Å². The number of nitrogens with zero attached hydrogens (tertiary/aromatic N) is 3. The monoisotopic (exact) mass is 426 g/mol. The first-order valence-corrected chi connectivity index (χ1v) is 8.67. The van der Waals surface area contributed by atoms with E-state index in [0.29, 0.717) is 18.2 Å². The van der Waals surface area contributed by atoms with Crippen molar-refractivity contribution in [2.75, 3.05) is 11.9 Å². The van der Waals surface area contributed by atoms with Crippen LogP contribution in [0.4, 0.5) is 20.7 Å². The van der Waals surface area contributed by atoms with E-state index < -0.39 is 11.8 Å². The highest BCUT2D eigenvalue weighted by molar-refractivity contribution is 9.10. The summed E-state index contributed by atoms with van der Waals surface area (Å²) in [5.74, 6) is -0.0866. The van der Waals surface area contributed by atoms with Crippen LogP contribution in [0.2, 0.25) is 0 Å². The van der Waals surface area contributed by atoms with Crippen LogP contribution in [0, 0.1) is 11.7 Å². The number of aliphatic imine (C=N–C) groups is 1. The predicted octanol–water partition coefficient (Wildman–Crippen LogP) is 2.95. The van der Waals surface area contributed by atoms with Gasteiger partial charge in [-0.3, -0.25) is 16.0 Å². The Kier molecular flexibility index (Phi) is 5.78. The van der Waals surface area contributed by atoms with Gasteiger partial charge in [0.05, 0.1) is 10.2 Å². The topological polar surface area (TPSA) is 125 Å². The summed E-state index contributed by atoms with van der Waals surface area (Å²) < 4.78 is 18.1. The summed E-state index contributed by atoms with van der Waals surface area (Å²) in [6, 6.07) is 3.57. The van der Waals surface area contributed by atoms with Gasteiger partial charge in [-0.2, -0.15) is 0 Å². The SMILES string of the molecule is O=C(NCC1CCC1)Nc1nonc1C(=Nc1ccc(F)c(Br)c1)NO. The lowest BCUT2D eigenvalue weighted by Gasteiger charge is -2.25. The third kappa shape index (κ3) is 4.35. The van der Waals surface area contributed by atoms with E-state index >= 15 is 0 Å². The van der Waals surface area contributed by atoms with Crippen LogP contribution in [0.3, 0.4) is 0 Å².